The van der Waals surface area contributed by atoms with Crippen LogP contribution in [0.5, 0.6) is 5.75 Å². The van der Waals surface area contributed by atoms with Gasteiger partial charge in [0.05, 0.1) is 38.7 Å². The van der Waals surface area contributed by atoms with Crippen LogP contribution in [0.3, 0.4) is 0 Å². The molecule has 1 aliphatic carbocycles. The van der Waals surface area contributed by atoms with E-state index in [0.717, 1.165) is 16.5 Å². The van der Waals surface area contributed by atoms with E-state index in [9.17, 15) is 24.6 Å². The van der Waals surface area contributed by atoms with Gasteiger partial charge in [0, 0.05) is 78.2 Å². The molecule has 6 heterocycles. The molecule has 2 aromatic carbocycles. The Labute approximate surface area is 349 Å². The van der Waals surface area contributed by atoms with E-state index in [2.05, 4.69) is 20.9 Å². The summed E-state index contributed by atoms with van der Waals surface area (Å²) in [5.41, 5.74) is -3.15. The minimum atomic E-state index is -2.53. The van der Waals surface area contributed by atoms with Crippen molar-refractivity contribution >= 4 is 40.9 Å². The number of aliphatic hydroxyl groups is 2. The predicted octanol–water partition coefficient (Wildman–Crippen LogP) is 3.52. The van der Waals surface area contributed by atoms with Gasteiger partial charge in [0.25, 0.3) is 0 Å². The maximum Gasteiger partial charge on any atom is 0.344 e. The Balaban J connectivity index is 1.38. The van der Waals surface area contributed by atoms with Crippen molar-refractivity contribution in [3.05, 3.63) is 70.9 Å². The van der Waals surface area contributed by atoms with Crippen LogP contribution in [-0.4, -0.2) is 133 Å². The molecule has 10 atom stereocenters. The topological polar surface area (TPSA) is 171 Å². The molecule has 0 radical (unpaired) electrons. The van der Waals surface area contributed by atoms with Crippen LogP contribution >= 0.6 is 0 Å². The van der Waals surface area contributed by atoms with Crippen molar-refractivity contribution in [3.8, 4) is 5.75 Å². The van der Waals surface area contributed by atoms with Crippen LogP contribution in [0, 0.1) is 11.3 Å². The Morgan fingerprint density at radius 2 is 1.73 bits per heavy atom. The first kappa shape index (κ1) is 40.6. The SMILES string of the molecule is CC[C@]1(O)CC2CN(CCc3c([nH]c4ccccc34)[C@@](C(=O)OC)(c3cc4c(cc3OC)N(C=O)[C@H]3[C@@](O)(C(=O)OC)[C@H](OC(C)=O)[C@@]5(CC)C=CCN6CC[C@]43[C@@H]65)C2)C1. The number of ether oxygens (including phenoxy) is 4. The molecular formula is C46H56N4O10. The van der Waals surface area contributed by atoms with Gasteiger partial charge in [0.1, 0.15) is 11.2 Å². The molecule has 1 aromatic heterocycles. The van der Waals surface area contributed by atoms with Gasteiger partial charge in [-0.2, -0.15) is 0 Å². The number of rotatable bonds is 8. The van der Waals surface area contributed by atoms with Crippen LogP contribution in [0.4, 0.5) is 5.69 Å². The highest BCUT2D eigenvalue weighted by Gasteiger charge is 2.81. The highest BCUT2D eigenvalue weighted by Crippen LogP contribution is 2.68. The molecule has 2 bridgehead atoms. The molecule has 14 heteroatoms. The molecule has 3 fully saturated rings. The molecule has 2 unspecified atom stereocenters. The minimum Gasteiger partial charge on any atom is -0.496 e. The fraction of sp³-hybridized carbons (Fsp3) is 0.565. The smallest absolute Gasteiger partial charge is 0.344 e. The number of anilines is 1. The zero-order chi connectivity index (χ0) is 42.6. The minimum absolute atomic E-state index is 0.155. The van der Waals surface area contributed by atoms with Crippen molar-refractivity contribution in [2.75, 3.05) is 59.0 Å². The number of aromatic nitrogens is 1. The van der Waals surface area contributed by atoms with Crippen LogP contribution in [0.15, 0.2) is 48.6 Å². The van der Waals surface area contributed by atoms with Gasteiger partial charge in [-0.1, -0.05) is 44.2 Å². The van der Waals surface area contributed by atoms with Crippen molar-refractivity contribution in [2.45, 2.75) is 99.5 Å². The summed E-state index contributed by atoms with van der Waals surface area (Å²) in [6.07, 6.45) is 5.83. The summed E-state index contributed by atoms with van der Waals surface area (Å²) in [7, 11) is 4.09. The van der Waals surface area contributed by atoms with Gasteiger partial charge in [-0.05, 0) is 74.2 Å². The van der Waals surface area contributed by atoms with E-state index < -0.39 is 63.5 Å². The lowest BCUT2D eigenvalue weighted by Crippen LogP contribution is -2.81. The molecule has 2 saturated heterocycles. The van der Waals surface area contributed by atoms with E-state index in [0.29, 0.717) is 99.5 Å². The first-order valence-corrected chi connectivity index (χ1v) is 21.3. The number of methoxy groups -OCH3 is 3. The van der Waals surface area contributed by atoms with Crippen molar-refractivity contribution in [3.63, 3.8) is 0 Å². The Kier molecular flexibility index (Phi) is 9.58. The predicted molar refractivity (Wildman–Crippen MR) is 221 cm³/mol. The number of hydrogen-bond donors (Lipinski definition) is 3. The lowest BCUT2D eigenvalue weighted by Gasteiger charge is -2.63. The van der Waals surface area contributed by atoms with Gasteiger partial charge in [0.2, 0.25) is 12.0 Å². The van der Waals surface area contributed by atoms with Crippen LogP contribution in [-0.2, 0) is 50.6 Å². The fourth-order valence-electron chi connectivity index (χ4n) is 13.4. The number of para-hydroxylation sites is 1. The number of esters is 3. The standard InChI is InChI=1S/C46H56N4O10/c1-7-42(55)22-28-23-45(40(53)58-5,36-30(14-18-48(24-28)25-42)29-12-9-10-13-33(29)47-36)32-20-31-34(21-35(32)57-4)50(26-51)38-44(31)16-19-49-17-11-15-43(8-2,37(44)49)39(60-27(3)52)46(38,56)41(54)59-6/h9-13,15,20-21,26,28,37-39,47,55-56H,7-8,14,16-19,22-25H2,1-6H3/t28?,37-,38+,39+,42-,43-,44+,45-,46-/m0/s1. The molecule has 14 nitrogen and oxygen atoms in total. The largest absolute Gasteiger partial charge is 0.496 e. The van der Waals surface area contributed by atoms with E-state index >= 15 is 4.79 Å². The Hall–Kier alpha value is -4.76. The number of benzene rings is 2. The number of nitrogens with one attached hydrogen (secondary N) is 1. The Morgan fingerprint density at radius 3 is 2.42 bits per heavy atom. The average Bonchev–Trinajstić information content (AvgIpc) is 3.92. The second-order valence-electron chi connectivity index (χ2n) is 18.1. The second kappa shape index (κ2) is 14.1. The molecule has 1 amide bonds. The molecule has 5 aliphatic heterocycles. The summed E-state index contributed by atoms with van der Waals surface area (Å²) < 4.78 is 23.7. The maximum atomic E-state index is 15.3. The summed E-state index contributed by atoms with van der Waals surface area (Å²) in [6.45, 7) is 8.16. The Morgan fingerprint density at radius 1 is 0.967 bits per heavy atom. The number of carbonyl (C=O) groups is 4. The summed E-state index contributed by atoms with van der Waals surface area (Å²) in [5, 5.41) is 26.3. The molecule has 320 valence electrons. The van der Waals surface area contributed by atoms with Crippen LogP contribution in [0.1, 0.15) is 75.3 Å². The molecule has 3 N–H and O–H groups in total. The molecule has 9 rings (SSSR count). The first-order chi connectivity index (χ1) is 28.8. The number of H-pyrrole nitrogens is 1. The van der Waals surface area contributed by atoms with Crippen LogP contribution in [0.25, 0.3) is 10.9 Å². The third-order valence-electron chi connectivity index (χ3n) is 15.5. The molecule has 60 heavy (non-hydrogen) atoms. The number of fused-ring (bicyclic) bond motifs is 6. The molecule has 1 saturated carbocycles. The zero-order valence-electron chi connectivity index (χ0n) is 35.3. The normalized spacial score (nSPS) is 36.5. The monoisotopic (exact) mass is 824 g/mol. The second-order valence-corrected chi connectivity index (χ2v) is 18.1. The molecule has 3 aromatic rings. The number of aromatic amines is 1. The van der Waals surface area contributed by atoms with E-state index in [1.807, 2.05) is 50.3 Å². The van der Waals surface area contributed by atoms with Crippen LogP contribution in [0.2, 0.25) is 0 Å². The van der Waals surface area contributed by atoms with Crippen LogP contribution < -0.4 is 9.64 Å². The quantitative estimate of drug-likeness (QED) is 0.131. The van der Waals surface area contributed by atoms with E-state index in [1.54, 1.807) is 6.07 Å². The van der Waals surface area contributed by atoms with Crippen molar-refractivity contribution in [1.29, 1.82) is 0 Å². The molecule has 6 aliphatic rings. The summed E-state index contributed by atoms with van der Waals surface area (Å²) in [6, 6.07) is 9.97. The maximum absolute atomic E-state index is 15.3. The summed E-state index contributed by atoms with van der Waals surface area (Å²) in [5.74, 6) is -2.06. The highest BCUT2D eigenvalue weighted by atomic mass is 16.6. The van der Waals surface area contributed by atoms with E-state index in [-0.39, 0.29) is 12.3 Å². The number of carbonyl (C=O) groups excluding carboxylic acids is 4. The van der Waals surface area contributed by atoms with Crippen molar-refractivity contribution in [2.24, 2.45) is 11.3 Å². The average molecular weight is 825 g/mol. The summed E-state index contributed by atoms with van der Waals surface area (Å²) >= 11 is 0. The lowest BCUT2D eigenvalue weighted by molar-refractivity contribution is -0.228. The van der Waals surface area contributed by atoms with E-state index in [1.165, 1.54) is 33.2 Å². The number of piperidine rings is 1. The number of nitrogens with zero attached hydrogens (tertiary/aromatic N) is 3. The summed E-state index contributed by atoms with van der Waals surface area (Å²) in [4.78, 5) is 66.1. The van der Waals surface area contributed by atoms with E-state index in [4.69, 9.17) is 18.9 Å². The van der Waals surface area contributed by atoms with Gasteiger partial charge in [-0.25, -0.2) is 4.79 Å². The first-order valence-electron chi connectivity index (χ1n) is 21.3. The van der Waals surface area contributed by atoms with Gasteiger partial charge in [-0.3, -0.25) is 24.2 Å². The molecular weight excluding hydrogens is 769 g/mol. The van der Waals surface area contributed by atoms with Crippen molar-refractivity contribution < 1.29 is 48.3 Å². The van der Waals surface area contributed by atoms with Gasteiger partial charge < -0.3 is 39.0 Å². The van der Waals surface area contributed by atoms with Gasteiger partial charge in [0.15, 0.2) is 6.10 Å². The Bertz CT molecular complexity index is 2310. The third-order valence-corrected chi connectivity index (χ3v) is 15.5. The molecule has 1 spiro atoms. The third kappa shape index (κ3) is 5.19. The van der Waals surface area contributed by atoms with Crippen molar-refractivity contribution in [1.82, 2.24) is 14.8 Å². The fourth-order valence-corrected chi connectivity index (χ4v) is 13.4. The van der Waals surface area contributed by atoms with Gasteiger partial charge in [-0.15, -0.1) is 0 Å². The zero-order valence-corrected chi connectivity index (χ0v) is 35.3. The number of hydrogen-bond acceptors (Lipinski definition) is 12. The number of amides is 1. The highest BCUT2D eigenvalue weighted by molar-refractivity contribution is 5.96. The van der Waals surface area contributed by atoms with Gasteiger partial charge >= 0.3 is 17.9 Å². The lowest BCUT2D eigenvalue weighted by atomic mass is 9.47.